The lowest BCUT2D eigenvalue weighted by molar-refractivity contribution is -0.122. The van der Waals surface area contributed by atoms with Gasteiger partial charge in [0.15, 0.2) is 5.78 Å². The van der Waals surface area contributed by atoms with E-state index in [1.165, 1.54) is 0 Å². The van der Waals surface area contributed by atoms with Crippen molar-refractivity contribution in [3.63, 3.8) is 0 Å². The van der Waals surface area contributed by atoms with Gasteiger partial charge in [-0.1, -0.05) is 0 Å². The van der Waals surface area contributed by atoms with E-state index in [0.29, 0.717) is 49.9 Å². The molecule has 0 saturated carbocycles. The number of nitrogens with one attached hydrogen (secondary N) is 2. The number of ketones is 1. The molecule has 0 atom stereocenters. The molecule has 2 aliphatic rings. The smallest absolute Gasteiger partial charge is 0.253 e. The molecule has 1 saturated heterocycles. The molecule has 32 heavy (non-hydrogen) atoms. The first kappa shape index (κ1) is 21.7. The van der Waals surface area contributed by atoms with E-state index >= 15 is 0 Å². The van der Waals surface area contributed by atoms with Gasteiger partial charge in [-0.05, 0) is 55.2 Å². The zero-order chi connectivity index (χ0) is 22.5. The zero-order valence-corrected chi connectivity index (χ0v) is 17.8. The van der Waals surface area contributed by atoms with E-state index in [-0.39, 0.29) is 42.4 Å². The lowest BCUT2D eigenvalue weighted by Gasteiger charge is -2.32. The molecule has 1 aromatic carbocycles. The maximum Gasteiger partial charge on any atom is 0.253 e. The Balaban J connectivity index is 1.21. The number of likely N-dealkylation sites (tertiary alicyclic amines) is 1. The molecule has 8 nitrogen and oxygen atoms in total. The Morgan fingerprint density at radius 3 is 2.50 bits per heavy atom. The number of carbonyl (C=O) groups is 4. The molecule has 4 rings (SSSR count). The van der Waals surface area contributed by atoms with Crippen LogP contribution in [0.25, 0.3) is 0 Å². The largest absolute Gasteiger partial charge is 0.353 e. The Hall–Kier alpha value is -3.55. The summed E-state index contributed by atoms with van der Waals surface area (Å²) in [6.07, 6.45) is 5.87. The van der Waals surface area contributed by atoms with Crippen LogP contribution in [0.3, 0.4) is 0 Å². The molecule has 0 spiro atoms. The van der Waals surface area contributed by atoms with E-state index in [1.54, 1.807) is 41.6 Å². The molecule has 1 aromatic heterocycles. The average Bonchev–Trinajstić information content (AvgIpc) is 2.82. The summed E-state index contributed by atoms with van der Waals surface area (Å²) in [6, 6.07) is 8.66. The molecular weight excluding hydrogens is 408 g/mol. The Bertz CT molecular complexity index is 1030. The first-order valence-corrected chi connectivity index (χ1v) is 10.9. The number of aryl methyl sites for hydroxylation is 1. The first-order valence-electron chi connectivity index (χ1n) is 10.9. The summed E-state index contributed by atoms with van der Waals surface area (Å²) in [5, 5.41) is 5.79. The van der Waals surface area contributed by atoms with Gasteiger partial charge in [-0.15, -0.1) is 0 Å². The molecule has 0 radical (unpaired) electrons. The fourth-order valence-electron chi connectivity index (χ4n) is 4.13. The summed E-state index contributed by atoms with van der Waals surface area (Å²) < 4.78 is 0. The number of pyridine rings is 1. The molecule has 3 amide bonds. The summed E-state index contributed by atoms with van der Waals surface area (Å²) >= 11 is 0. The molecule has 8 heteroatoms. The highest BCUT2D eigenvalue weighted by Gasteiger charge is 2.25. The molecule has 1 fully saturated rings. The number of Topliss-reactive ketones (excluding diaryl/α,β-unsaturated/α-hetero) is 1. The summed E-state index contributed by atoms with van der Waals surface area (Å²) in [6.45, 7) is 1.16. The summed E-state index contributed by atoms with van der Waals surface area (Å²) in [5.41, 5.74) is 2.89. The summed E-state index contributed by atoms with van der Waals surface area (Å²) in [7, 11) is 0. The number of benzene rings is 1. The third-order valence-corrected chi connectivity index (χ3v) is 5.98. The van der Waals surface area contributed by atoms with Gasteiger partial charge in [-0.25, -0.2) is 0 Å². The van der Waals surface area contributed by atoms with Crippen LogP contribution >= 0.6 is 0 Å². The monoisotopic (exact) mass is 434 g/mol. The number of amides is 3. The van der Waals surface area contributed by atoms with Gasteiger partial charge in [0.1, 0.15) is 0 Å². The van der Waals surface area contributed by atoms with E-state index in [0.717, 1.165) is 11.3 Å². The van der Waals surface area contributed by atoms with Crippen LogP contribution in [0.1, 0.15) is 58.4 Å². The van der Waals surface area contributed by atoms with Gasteiger partial charge in [-0.3, -0.25) is 24.2 Å². The molecule has 166 valence electrons. The Morgan fingerprint density at radius 1 is 1.00 bits per heavy atom. The fraction of sp³-hybridized carbons (Fsp3) is 0.375. The second-order valence-electron chi connectivity index (χ2n) is 8.21. The quantitative estimate of drug-likeness (QED) is 0.679. The zero-order valence-electron chi connectivity index (χ0n) is 17.8. The van der Waals surface area contributed by atoms with Gasteiger partial charge in [0, 0.05) is 67.6 Å². The number of hydrogen-bond acceptors (Lipinski definition) is 5. The molecule has 0 aliphatic carbocycles. The van der Waals surface area contributed by atoms with Gasteiger partial charge in [0.05, 0.1) is 0 Å². The molecule has 2 aromatic rings. The van der Waals surface area contributed by atoms with Crippen molar-refractivity contribution in [2.75, 3.05) is 18.4 Å². The number of hydrogen-bond donors (Lipinski definition) is 2. The normalized spacial score (nSPS) is 16.1. The molecule has 0 bridgehead atoms. The van der Waals surface area contributed by atoms with E-state index in [9.17, 15) is 19.2 Å². The fourth-order valence-corrected chi connectivity index (χ4v) is 4.13. The minimum absolute atomic E-state index is 0.00597. The highest BCUT2D eigenvalue weighted by Crippen LogP contribution is 2.24. The van der Waals surface area contributed by atoms with Crippen LogP contribution in [-0.2, 0) is 16.0 Å². The molecule has 2 aliphatic heterocycles. The summed E-state index contributed by atoms with van der Waals surface area (Å²) in [4.78, 5) is 54.6. The molecule has 0 unspecified atom stereocenters. The van der Waals surface area contributed by atoms with Crippen molar-refractivity contribution in [2.24, 2.45) is 0 Å². The lowest BCUT2D eigenvalue weighted by Crippen LogP contribution is -2.46. The van der Waals surface area contributed by atoms with E-state index < -0.39 is 0 Å². The Kier molecular flexibility index (Phi) is 6.58. The van der Waals surface area contributed by atoms with Crippen LogP contribution in [0.2, 0.25) is 0 Å². The molecule has 3 heterocycles. The van der Waals surface area contributed by atoms with Crippen molar-refractivity contribution < 1.29 is 19.2 Å². The maximum atomic E-state index is 12.5. The van der Waals surface area contributed by atoms with Gasteiger partial charge in [-0.2, -0.15) is 0 Å². The summed E-state index contributed by atoms with van der Waals surface area (Å²) in [5.74, 6) is -0.270. The maximum absolute atomic E-state index is 12.5. The number of nitrogens with zero attached hydrogens (tertiary/aromatic N) is 2. The standard InChI is InChI=1S/C24H26N4O4/c29-21(18-1-3-20-17(15-18)2-5-23(31)27-20)4-6-22(30)26-19-9-13-28(14-10-19)24(32)16-7-11-25-12-8-16/h1,3,7-8,11-12,15,19H,2,4-6,9-10,13-14H2,(H,26,30)(H,27,31). The van der Waals surface area contributed by atoms with Crippen molar-refractivity contribution in [1.29, 1.82) is 0 Å². The van der Waals surface area contributed by atoms with Crippen LogP contribution < -0.4 is 10.6 Å². The van der Waals surface area contributed by atoms with Crippen LogP contribution in [0.15, 0.2) is 42.7 Å². The van der Waals surface area contributed by atoms with Crippen molar-refractivity contribution in [1.82, 2.24) is 15.2 Å². The number of piperidine rings is 1. The van der Waals surface area contributed by atoms with Crippen molar-refractivity contribution in [2.45, 2.75) is 44.6 Å². The van der Waals surface area contributed by atoms with Crippen molar-refractivity contribution in [3.05, 3.63) is 59.4 Å². The predicted octanol–water partition coefficient (Wildman–Crippen LogP) is 2.35. The third kappa shape index (κ3) is 5.19. The minimum Gasteiger partial charge on any atom is -0.353 e. The van der Waals surface area contributed by atoms with Gasteiger partial charge >= 0.3 is 0 Å². The molecule has 2 N–H and O–H groups in total. The van der Waals surface area contributed by atoms with Gasteiger partial charge < -0.3 is 15.5 Å². The third-order valence-electron chi connectivity index (χ3n) is 5.98. The number of carbonyl (C=O) groups excluding carboxylic acids is 4. The van der Waals surface area contributed by atoms with Crippen LogP contribution in [0, 0.1) is 0 Å². The Labute approximate surface area is 186 Å². The minimum atomic E-state index is -0.150. The number of aromatic nitrogens is 1. The second kappa shape index (κ2) is 9.72. The second-order valence-corrected chi connectivity index (χ2v) is 8.21. The number of fused-ring (bicyclic) bond motifs is 1. The lowest BCUT2D eigenvalue weighted by atomic mass is 9.97. The van der Waals surface area contributed by atoms with Crippen LogP contribution in [0.4, 0.5) is 5.69 Å². The van der Waals surface area contributed by atoms with Crippen LogP contribution in [-0.4, -0.2) is 52.5 Å². The molecular formula is C24H26N4O4. The first-order chi connectivity index (χ1) is 15.5. The van der Waals surface area contributed by atoms with Gasteiger partial charge in [0.25, 0.3) is 5.91 Å². The SMILES string of the molecule is O=C1CCc2cc(C(=O)CCC(=O)NC3CCN(C(=O)c4ccncc4)CC3)ccc2N1. The highest BCUT2D eigenvalue weighted by atomic mass is 16.2. The van der Waals surface area contributed by atoms with E-state index in [2.05, 4.69) is 15.6 Å². The van der Waals surface area contributed by atoms with Crippen molar-refractivity contribution in [3.8, 4) is 0 Å². The van der Waals surface area contributed by atoms with E-state index in [4.69, 9.17) is 0 Å². The number of anilines is 1. The Morgan fingerprint density at radius 2 is 1.75 bits per heavy atom. The van der Waals surface area contributed by atoms with E-state index in [1.807, 2.05) is 6.07 Å². The predicted molar refractivity (Wildman–Crippen MR) is 118 cm³/mol. The topological polar surface area (TPSA) is 108 Å². The number of rotatable bonds is 6. The highest BCUT2D eigenvalue weighted by molar-refractivity contribution is 6.00. The van der Waals surface area contributed by atoms with Crippen molar-refractivity contribution >= 4 is 29.2 Å². The van der Waals surface area contributed by atoms with Crippen LogP contribution in [0.5, 0.6) is 0 Å². The van der Waals surface area contributed by atoms with Gasteiger partial charge in [0.2, 0.25) is 11.8 Å². The average molecular weight is 434 g/mol.